The minimum atomic E-state index is 0.204. The molecule has 0 saturated heterocycles. The molecule has 2 heterocycles. The standard InChI is InChI=1S/C10H16N6S/c1-3-4-16-10(12-7-14-16)5-8(11-2)9-6-13-15-17-9/h6-8,11H,3-5H2,1-2H3. The molecule has 0 aliphatic carbocycles. The Morgan fingerprint density at radius 1 is 1.53 bits per heavy atom. The summed E-state index contributed by atoms with van der Waals surface area (Å²) in [5, 5.41) is 11.4. The monoisotopic (exact) mass is 252 g/mol. The molecule has 0 bridgehead atoms. The molecule has 0 radical (unpaired) electrons. The molecule has 2 rings (SSSR count). The van der Waals surface area contributed by atoms with Crippen LogP contribution in [0.2, 0.25) is 0 Å². The maximum Gasteiger partial charge on any atom is 0.138 e. The summed E-state index contributed by atoms with van der Waals surface area (Å²) >= 11 is 1.42. The van der Waals surface area contributed by atoms with Gasteiger partial charge in [-0.1, -0.05) is 11.4 Å². The molecule has 0 saturated carbocycles. The molecule has 0 aromatic carbocycles. The summed E-state index contributed by atoms with van der Waals surface area (Å²) in [4.78, 5) is 5.43. The van der Waals surface area contributed by atoms with E-state index in [0.29, 0.717) is 0 Å². The molecular formula is C10H16N6S. The summed E-state index contributed by atoms with van der Waals surface area (Å²) in [5.74, 6) is 1.000. The van der Waals surface area contributed by atoms with E-state index in [-0.39, 0.29) is 6.04 Å². The van der Waals surface area contributed by atoms with Gasteiger partial charge in [0.2, 0.25) is 0 Å². The molecule has 0 aliphatic heterocycles. The molecule has 0 fully saturated rings. The van der Waals surface area contributed by atoms with E-state index in [0.717, 1.165) is 30.1 Å². The number of nitrogens with zero attached hydrogens (tertiary/aromatic N) is 5. The van der Waals surface area contributed by atoms with Crippen LogP contribution < -0.4 is 5.32 Å². The highest BCUT2D eigenvalue weighted by Gasteiger charge is 2.15. The van der Waals surface area contributed by atoms with Gasteiger partial charge in [-0.15, -0.1) is 5.10 Å². The first kappa shape index (κ1) is 12.1. The lowest BCUT2D eigenvalue weighted by Crippen LogP contribution is -2.20. The van der Waals surface area contributed by atoms with Gasteiger partial charge in [0, 0.05) is 13.0 Å². The van der Waals surface area contributed by atoms with E-state index in [1.807, 2.05) is 11.7 Å². The number of likely N-dealkylation sites (N-methyl/N-ethyl adjacent to an activating group) is 1. The van der Waals surface area contributed by atoms with Crippen LogP contribution in [0.3, 0.4) is 0 Å². The summed E-state index contributed by atoms with van der Waals surface area (Å²) in [6, 6.07) is 0.204. The van der Waals surface area contributed by atoms with Crippen molar-refractivity contribution in [3.63, 3.8) is 0 Å². The van der Waals surface area contributed by atoms with Gasteiger partial charge in [0.1, 0.15) is 12.2 Å². The molecular weight excluding hydrogens is 236 g/mol. The van der Waals surface area contributed by atoms with E-state index < -0.39 is 0 Å². The fraction of sp³-hybridized carbons (Fsp3) is 0.600. The first-order valence-electron chi connectivity index (χ1n) is 5.66. The Kier molecular flexibility index (Phi) is 4.16. The molecule has 1 atom stereocenters. The number of aromatic nitrogens is 5. The Labute approximate surface area is 104 Å². The Morgan fingerprint density at radius 2 is 2.41 bits per heavy atom. The Balaban J connectivity index is 2.10. The number of aryl methyl sites for hydroxylation is 1. The molecule has 7 heteroatoms. The fourth-order valence-corrected chi connectivity index (χ4v) is 2.31. The third kappa shape index (κ3) is 2.86. The number of nitrogens with one attached hydrogen (secondary N) is 1. The fourth-order valence-electron chi connectivity index (χ4n) is 1.70. The second-order valence-corrected chi connectivity index (χ2v) is 4.58. The van der Waals surface area contributed by atoms with Gasteiger partial charge in [-0.05, 0) is 25.0 Å². The van der Waals surface area contributed by atoms with Crippen LogP contribution >= 0.6 is 11.5 Å². The minimum Gasteiger partial charge on any atom is -0.312 e. The summed E-state index contributed by atoms with van der Waals surface area (Å²) in [5.41, 5.74) is 0. The SMILES string of the molecule is CCCn1ncnc1CC(NC)c1cnns1. The molecule has 92 valence electrons. The van der Waals surface area contributed by atoms with Gasteiger partial charge in [-0.2, -0.15) is 5.10 Å². The van der Waals surface area contributed by atoms with Crippen molar-refractivity contribution in [3.05, 3.63) is 23.2 Å². The third-order valence-corrected chi connectivity index (χ3v) is 3.36. The van der Waals surface area contributed by atoms with E-state index in [9.17, 15) is 0 Å². The molecule has 0 aliphatic rings. The first-order valence-corrected chi connectivity index (χ1v) is 6.43. The molecule has 0 spiro atoms. The van der Waals surface area contributed by atoms with E-state index in [2.05, 4.69) is 31.9 Å². The van der Waals surface area contributed by atoms with Crippen LogP contribution in [-0.4, -0.2) is 31.4 Å². The van der Waals surface area contributed by atoms with Crippen LogP contribution in [0.5, 0.6) is 0 Å². The van der Waals surface area contributed by atoms with Crippen LogP contribution in [-0.2, 0) is 13.0 Å². The molecule has 6 nitrogen and oxygen atoms in total. The van der Waals surface area contributed by atoms with Gasteiger partial charge in [-0.3, -0.25) is 4.68 Å². The summed E-state index contributed by atoms with van der Waals surface area (Å²) in [7, 11) is 1.94. The van der Waals surface area contributed by atoms with Crippen LogP contribution in [0.25, 0.3) is 0 Å². The highest BCUT2D eigenvalue weighted by molar-refractivity contribution is 7.05. The summed E-state index contributed by atoms with van der Waals surface area (Å²) in [6.07, 6.45) is 5.28. The highest BCUT2D eigenvalue weighted by Crippen LogP contribution is 2.18. The van der Waals surface area contributed by atoms with Crippen molar-refractivity contribution in [2.24, 2.45) is 0 Å². The summed E-state index contributed by atoms with van der Waals surface area (Å²) < 4.78 is 5.85. The van der Waals surface area contributed by atoms with Crippen molar-refractivity contribution in [2.45, 2.75) is 32.4 Å². The largest absolute Gasteiger partial charge is 0.312 e. The van der Waals surface area contributed by atoms with Gasteiger partial charge in [0.15, 0.2) is 0 Å². The Morgan fingerprint density at radius 3 is 3.06 bits per heavy atom. The van der Waals surface area contributed by atoms with Crippen LogP contribution in [0.15, 0.2) is 12.5 Å². The number of hydrogen-bond donors (Lipinski definition) is 1. The minimum absolute atomic E-state index is 0.204. The molecule has 2 aromatic heterocycles. The van der Waals surface area contributed by atoms with Gasteiger partial charge < -0.3 is 5.32 Å². The van der Waals surface area contributed by atoms with Crippen molar-refractivity contribution in [3.8, 4) is 0 Å². The van der Waals surface area contributed by atoms with Gasteiger partial charge in [-0.25, -0.2) is 4.98 Å². The number of hydrogen-bond acceptors (Lipinski definition) is 6. The lowest BCUT2D eigenvalue weighted by molar-refractivity contribution is 0.520. The zero-order chi connectivity index (χ0) is 12.1. The van der Waals surface area contributed by atoms with E-state index in [1.165, 1.54) is 11.5 Å². The van der Waals surface area contributed by atoms with E-state index in [1.54, 1.807) is 12.5 Å². The third-order valence-electron chi connectivity index (χ3n) is 2.59. The van der Waals surface area contributed by atoms with Crippen molar-refractivity contribution < 1.29 is 0 Å². The van der Waals surface area contributed by atoms with Crippen molar-refractivity contribution >= 4 is 11.5 Å². The predicted molar refractivity (Wildman–Crippen MR) is 65.7 cm³/mol. The van der Waals surface area contributed by atoms with Gasteiger partial charge in [0.05, 0.1) is 17.1 Å². The van der Waals surface area contributed by atoms with Gasteiger partial charge in [0.25, 0.3) is 0 Å². The molecule has 2 aromatic rings. The van der Waals surface area contributed by atoms with Crippen molar-refractivity contribution in [2.75, 3.05) is 7.05 Å². The average Bonchev–Trinajstić information content (AvgIpc) is 2.97. The maximum absolute atomic E-state index is 4.31. The molecule has 1 unspecified atom stereocenters. The average molecular weight is 252 g/mol. The smallest absolute Gasteiger partial charge is 0.138 e. The Bertz CT molecular complexity index is 437. The molecule has 1 N–H and O–H groups in total. The zero-order valence-electron chi connectivity index (χ0n) is 10.00. The van der Waals surface area contributed by atoms with Crippen molar-refractivity contribution in [1.29, 1.82) is 0 Å². The normalized spacial score (nSPS) is 12.8. The lowest BCUT2D eigenvalue weighted by atomic mass is 10.2. The van der Waals surface area contributed by atoms with Gasteiger partial charge >= 0.3 is 0 Å². The zero-order valence-corrected chi connectivity index (χ0v) is 10.8. The maximum atomic E-state index is 4.31. The number of rotatable bonds is 6. The van der Waals surface area contributed by atoms with Crippen LogP contribution in [0.4, 0.5) is 0 Å². The van der Waals surface area contributed by atoms with Crippen molar-refractivity contribution in [1.82, 2.24) is 29.7 Å². The lowest BCUT2D eigenvalue weighted by Gasteiger charge is -2.13. The second kappa shape index (κ2) is 5.83. The first-order chi connectivity index (χ1) is 8.35. The van der Waals surface area contributed by atoms with E-state index >= 15 is 0 Å². The quantitative estimate of drug-likeness (QED) is 0.832. The topological polar surface area (TPSA) is 68.5 Å². The van der Waals surface area contributed by atoms with Crippen LogP contribution in [0.1, 0.15) is 30.1 Å². The second-order valence-electron chi connectivity index (χ2n) is 3.76. The highest BCUT2D eigenvalue weighted by atomic mass is 32.1. The van der Waals surface area contributed by atoms with E-state index in [4.69, 9.17) is 0 Å². The predicted octanol–water partition coefficient (Wildman–Crippen LogP) is 1.04. The summed E-state index contributed by atoms with van der Waals surface area (Å²) in [6.45, 7) is 3.04. The molecule has 0 amide bonds. The van der Waals surface area contributed by atoms with Crippen LogP contribution in [0, 0.1) is 0 Å². The molecule has 17 heavy (non-hydrogen) atoms. The Hall–Kier alpha value is -1.34.